The topological polar surface area (TPSA) is 64.7 Å². The number of alkyl halides is 3. The molecule has 1 aliphatic rings. The van der Waals surface area contributed by atoms with Crippen LogP contribution >= 0.6 is 0 Å². The molecular formula is C16H20F3N5O. The minimum Gasteiger partial charge on any atom is -0.323 e. The second-order valence-corrected chi connectivity index (χ2v) is 6.21. The molecule has 0 radical (unpaired) electrons. The standard InChI is InChI=1S/C16H20F3N5O/c1-3-23-10(2)12(9-20-23)21-15(25)6-7-24-13(11-4-5-11)8-14(22-24)16(17,18)19/h8-9,11H,3-7H2,1-2H3,(H,21,25). The smallest absolute Gasteiger partial charge is 0.323 e. The van der Waals surface area contributed by atoms with Crippen LogP contribution in [0.5, 0.6) is 0 Å². The third kappa shape index (κ3) is 3.85. The summed E-state index contributed by atoms with van der Waals surface area (Å²) >= 11 is 0. The Bertz CT molecular complexity index is 773. The molecule has 0 spiro atoms. The lowest BCUT2D eigenvalue weighted by Crippen LogP contribution is -2.17. The number of nitrogens with zero attached hydrogens (tertiary/aromatic N) is 4. The molecule has 1 N–H and O–H groups in total. The molecule has 6 nitrogen and oxygen atoms in total. The zero-order valence-electron chi connectivity index (χ0n) is 14.1. The van der Waals surface area contributed by atoms with Crippen molar-refractivity contribution >= 4 is 11.6 Å². The number of nitrogens with one attached hydrogen (secondary N) is 1. The van der Waals surface area contributed by atoms with Crippen molar-refractivity contribution < 1.29 is 18.0 Å². The molecular weight excluding hydrogens is 335 g/mol. The van der Waals surface area contributed by atoms with Gasteiger partial charge in [0.05, 0.1) is 17.6 Å². The molecule has 2 aromatic heterocycles. The molecule has 2 heterocycles. The van der Waals surface area contributed by atoms with E-state index in [1.165, 1.54) is 4.68 Å². The summed E-state index contributed by atoms with van der Waals surface area (Å²) in [7, 11) is 0. The van der Waals surface area contributed by atoms with Crippen molar-refractivity contribution in [1.29, 1.82) is 0 Å². The molecule has 0 aromatic carbocycles. The average molecular weight is 355 g/mol. The van der Waals surface area contributed by atoms with Gasteiger partial charge in [0.1, 0.15) is 0 Å². The van der Waals surface area contributed by atoms with E-state index in [4.69, 9.17) is 0 Å². The van der Waals surface area contributed by atoms with E-state index < -0.39 is 11.9 Å². The van der Waals surface area contributed by atoms with Crippen LogP contribution in [0.3, 0.4) is 0 Å². The molecule has 0 aliphatic heterocycles. The van der Waals surface area contributed by atoms with Crippen molar-refractivity contribution in [1.82, 2.24) is 19.6 Å². The second kappa shape index (κ2) is 6.53. The molecule has 3 rings (SSSR count). The normalized spacial score (nSPS) is 14.8. The van der Waals surface area contributed by atoms with Crippen LogP contribution in [-0.2, 0) is 24.1 Å². The largest absolute Gasteiger partial charge is 0.435 e. The molecule has 0 saturated heterocycles. The van der Waals surface area contributed by atoms with Crippen LogP contribution in [0.25, 0.3) is 0 Å². The fourth-order valence-corrected chi connectivity index (χ4v) is 2.76. The van der Waals surface area contributed by atoms with E-state index in [-0.39, 0.29) is 24.8 Å². The van der Waals surface area contributed by atoms with Gasteiger partial charge in [-0.2, -0.15) is 23.4 Å². The Morgan fingerprint density at radius 2 is 2.08 bits per heavy atom. The van der Waals surface area contributed by atoms with Crippen molar-refractivity contribution in [3.8, 4) is 0 Å². The number of halogens is 3. The Morgan fingerprint density at radius 1 is 1.36 bits per heavy atom. The fourth-order valence-electron chi connectivity index (χ4n) is 2.76. The highest BCUT2D eigenvalue weighted by molar-refractivity contribution is 5.91. The van der Waals surface area contributed by atoms with Crippen LogP contribution in [0.1, 0.15) is 49.2 Å². The Kier molecular flexibility index (Phi) is 4.57. The molecule has 9 heteroatoms. The maximum absolute atomic E-state index is 12.9. The maximum atomic E-state index is 12.9. The first-order chi connectivity index (χ1) is 11.8. The first-order valence-corrected chi connectivity index (χ1v) is 8.26. The van der Waals surface area contributed by atoms with Crippen molar-refractivity contribution in [2.24, 2.45) is 0 Å². The summed E-state index contributed by atoms with van der Waals surface area (Å²) in [4.78, 5) is 12.1. The molecule has 0 atom stereocenters. The first-order valence-electron chi connectivity index (χ1n) is 8.26. The van der Waals surface area contributed by atoms with Gasteiger partial charge in [0.2, 0.25) is 5.91 Å². The molecule has 0 unspecified atom stereocenters. The number of hydrogen-bond acceptors (Lipinski definition) is 3. The van der Waals surface area contributed by atoms with Crippen LogP contribution in [0, 0.1) is 6.92 Å². The molecule has 25 heavy (non-hydrogen) atoms. The Hall–Kier alpha value is -2.32. The van der Waals surface area contributed by atoms with Gasteiger partial charge < -0.3 is 5.32 Å². The van der Waals surface area contributed by atoms with Crippen LogP contribution < -0.4 is 5.32 Å². The summed E-state index contributed by atoms with van der Waals surface area (Å²) in [6.07, 6.45) is -1.12. The van der Waals surface area contributed by atoms with Crippen LogP contribution in [0.2, 0.25) is 0 Å². The van der Waals surface area contributed by atoms with E-state index in [0.29, 0.717) is 17.9 Å². The van der Waals surface area contributed by atoms with Gasteiger partial charge in [-0.15, -0.1) is 0 Å². The average Bonchev–Trinajstić information content (AvgIpc) is 3.20. The van der Waals surface area contributed by atoms with Gasteiger partial charge in [-0.1, -0.05) is 0 Å². The van der Waals surface area contributed by atoms with Crippen molar-refractivity contribution in [3.63, 3.8) is 0 Å². The molecule has 1 saturated carbocycles. The van der Waals surface area contributed by atoms with Gasteiger partial charge in [-0.25, -0.2) is 0 Å². The number of hydrogen-bond donors (Lipinski definition) is 1. The number of aryl methyl sites for hydroxylation is 2. The Balaban J connectivity index is 1.65. The minimum absolute atomic E-state index is 0.0510. The summed E-state index contributed by atoms with van der Waals surface area (Å²) in [6, 6.07) is 1.10. The van der Waals surface area contributed by atoms with Crippen molar-refractivity contribution in [2.75, 3.05) is 5.32 Å². The van der Waals surface area contributed by atoms with Gasteiger partial charge in [-0.3, -0.25) is 14.2 Å². The van der Waals surface area contributed by atoms with Gasteiger partial charge in [-0.05, 0) is 32.8 Å². The van der Waals surface area contributed by atoms with Gasteiger partial charge in [0.25, 0.3) is 0 Å². The number of aromatic nitrogens is 4. The number of anilines is 1. The highest BCUT2D eigenvalue weighted by atomic mass is 19.4. The van der Waals surface area contributed by atoms with Crippen LogP contribution in [-0.4, -0.2) is 25.5 Å². The number of rotatable bonds is 6. The predicted molar refractivity (Wildman–Crippen MR) is 85.1 cm³/mol. The second-order valence-electron chi connectivity index (χ2n) is 6.21. The van der Waals surface area contributed by atoms with E-state index in [9.17, 15) is 18.0 Å². The van der Waals surface area contributed by atoms with Gasteiger partial charge >= 0.3 is 6.18 Å². The van der Waals surface area contributed by atoms with E-state index in [0.717, 1.165) is 24.6 Å². The van der Waals surface area contributed by atoms with E-state index in [1.807, 2.05) is 13.8 Å². The molecule has 0 bridgehead atoms. The van der Waals surface area contributed by atoms with Gasteiger partial charge in [0, 0.05) is 31.1 Å². The molecule has 1 amide bonds. The summed E-state index contributed by atoms with van der Waals surface area (Å²) in [5.74, 6) is -0.152. The Labute approximate surface area is 143 Å². The first kappa shape index (κ1) is 17.5. The highest BCUT2D eigenvalue weighted by Crippen LogP contribution is 2.42. The number of carbonyl (C=O) groups excluding carboxylic acids is 1. The molecule has 2 aromatic rings. The quantitative estimate of drug-likeness (QED) is 0.864. The minimum atomic E-state index is -4.47. The monoisotopic (exact) mass is 355 g/mol. The number of amides is 1. The van der Waals surface area contributed by atoms with Crippen molar-refractivity contribution in [2.45, 2.75) is 58.3 Å². The van der Waals surface area contributed by atoms with E-state index in [2.05, 4.69) is 15.5 Å². The van der Waals surface area contributed by atoms with E-state index in [1.54, 1.807) is 10.9 Å². The SMILES string of the molecule is CCn1ncc(NC(=O)CCn2nc(C(F)(F)F)cc2C2CC2)c1C. The lowest BCUT2D eigenvalue weighted by molar-refractivity contribution is -0.141. The maximum Gasteiger partial charge on any atom is 0.435 e. The third-order valence-corrected chi connectivity index (χ3v) is 4.32. The molecule has 1 fully saturated rings. The molecule has 1 aliphatic carbocycles. The van der Waals surface area contributed by atoms with E-state index >= 15 is 0 Å². The Morgan fingerprint density at radius 3 is 2.64 bits per heavy atom. The summed E-state index contributed by atoms with van der Waals surface area (Å²) in [5, 5.41) is 10.5. The summed E-state index contributed by atoms with van der Waals surface area (Å²) in [6.45, 7) is 4.61. The van der Waals surface area contributed by atoms with Crippen LogP contribution in [0.4, 0.5) is 18.9 Å². The lowest BCUT2D eigenvalue weighted by atomic mass is 10.2. The summed E-state index contributed by atoms with van der Waals surface area (Å²) < 4.78 is 41.7. The van der Waals surface area contributed by atoms with Gasteiger partial charge in [0.15, 0.2) is 5.69 Å². The third-order valence-electron chi connectivity index (χ3n) is 4.32. The lowest BCUT2D eigenvalue weighted by Gasteiger charge is -2.08. The fraction of sp³-hybridized carbons (Fsp3) is 0.562. The predicted octanol–water partition coefficient (Wildman–Crippen LogP) is 3.33. The van der Waals surface area contributed by atoms with Crippen molar-refractivity contribution in [3.05, 3.63) is 29.3 Å². The zero-order valence-corrected chi connectivity index (χ0v) is 14.1. The highest BCUT2D eigenvalue weighted by Gasteiger charge is 2.37. The number of carbonyl (C=O) groups is 1. The zero-order chi connectivity index (χ0) is 18.2. The van der Waals surface area contributed by atoms with Crippen LogP contribution in [0.15, 0.2) is 12.3 Å². The molecule has 136 valence electrons. The summed E-state index contributed by atoms with van der Waals surface area (Å²) in [5.41, 5.74) is 1.13.